The fourth-order valence-electron chi connectivity index (χ4n) is 3.55. The first kappa shape index (κ1) is 21.4. The Labute approximate surface area is 182 Å². The van der Waals surface area contributed by atoms with Crippen LogP contribution in [0.15, 0.2) is 60.9 Å². The lowest BCUT2D eigenvalue weighted by Crippen LogP contribution is -2.35. The largest absolute Gasteiger partial charge is 0.379 e. The van der Waals surface area contributed by atoms with Crippen LogP contribution in [-0.2, 0) is 27.1 Å². The van der Waals surface area contributed by atoms with Crippen molar-refractivity contribution in [3.8, 4) is 11.3 Å². The van der Waals surface area contributed by atoms with Crippen LogP contribution in [-0.4, -0.2) is 49.6 Å². The Bertz CT molecular complexity index is 1150. The van der Waals surface area contributed by atoms with Crippen LogP contribution in [0.5, 0.6) is 0 Å². The summed E-state index contributed by atoms with van der Waals surface area (Å²) in [4.78, 5) is 11.1. The Hall–Kier alpha value is -2.85. The second-order valence-electron chi connectivity index (χ2n) is 7.51. The van der Waals surface area contributed by atoms with E-state index in [9.17, 15) is 8.42 Å². The average Bonchev–Trinajstić information content (AvgIpc) is 2.74. The number of anilines is 2. The molecule has 0 saturated carbocycles. The standard InChI is InChI=1S/C22H25N5O3S/c23-31(28,29)15-18-4-2-6-20(12-18)26-22-13-21(24-16-25-22)19-5-1-3-17(11-19)14-27-7-9-30-10-8-27/h1-6,11-13,16H,7-10,14-15H2,(H2,23,28,29)(H,24,25,26). The van der Waals surface area contributed by atoms with Crippen molar-refractivity contribution in [3.63, 3.8) is 0 Å². The van der Waals surface area contributed by atoms with Crippen LogP contribution in [0, 0.1) is 0 Å². The number of nitrogens with zero attached hydrogens (tertiary/aromatic N) is 3. The van der Waals surface area contributed by atoms with E-state index in [-0.39, 0.29) is 5.75 Å². The summed E-state index contributed by atoms with van der Waals surface area (Å²) < 4.78 is 28.1. The molecule has 0 amide bonds. The van der Waals surface area contributed by atoms with Gasteiger partial charge in [-0.1, -0.05) is 30.3 Å². The monoisotopic (exact) mass is 439 g/mol. The van der Waals surface area contributed by atoms with Crippen molar-refractivity contribution in [1.29, 1.82) is 0 Å². The summed E-state index contributed by atoms with van der Waals surface area (Å²) in [6.07, 6.45) is 1.51. The molecule has 0 bridgehead atoms. The molecule has 1 aromatic heterocycles. The van der Waals surface area contributed by atoms with E-state index in [1.165, 1.54) is 11.9 Å². The van der Waals surface area contributed by atoms with E-state index in [1.54, 1.807) is 18.2 Å². The van der Waals surface area contributed by atoms with E-state index in [4.69, 9.17) is 9.88 Å². The minimum atomic E-state index is -3.59. The third-order valence-corrected chi connectivity index (χ3v) is 5.70. The Balaban J connectivity index is 1.50. The average molecular weight is 440 g/mol. The zero-order valence-electron chi connectivity index (χ0n) is 17.1. The van der Waals surface area contributed by atoms with Crippen molar-refractivity contribution in [3.05, 3.63) is 72.1 Å². The van der Waals surface area contributed by atoms with Gasteiger partial charge in [0.25, 0.3) is 0 Å². The lowest BCUT2D eigenvalue weighted by molar-refractivity contribution is 0.0342. The van der Waals surface area contributed by atoms with Crippen molar-refractivity contribution in [2.45, 2.75) is 12.3 Å². The highest BCUT2D eigenvalue weighted by molar-refractivity contribution is 7.88. The van der Waals surface area contributed by atoms with Crippen LogP contribution in [0.1, 0.15) is 11.1 Å². The summed E-state index contributed by atoms with van der Waals surface area (Å²) in [5.41, 5.74) is 4.38. The molecule has 31 heavy (non-hydrogen) atoms. The molecule has 0 spiro atoms. The van der Waals surface area contributed by atoms with Crippen LogP contribution in [0.3, 0.4) is 0 Å². The molecule has 9 heteroatoms. The van der Waals surface area contributed by atoms with E-state index < -0.39 is 10.0 Å². The van der Waals surface area contributed by atoms with Gasteiger partial charge in [0.05, 0.1) is 24.7 Å². The quantitative estimate of drug-likeness (QED) is 0.582. The lowest BCUT2D eigenvalue weighted by Gasteiger charge is -2.26. The predicted octanol–water partition coefficient (Wildman–Crippen LogP) is 2.51. The van der Waals surface area contributed by atoms with Gasteiger partial charge in [-0.15, -0.1) is 0 Å². The second-order valence-corrected chi connectivity index (χ2v) is 9.12. The number of aromatic nitrogens is 2. The first-order valence-corrected chi connectivity index (χ1v) is 11.7. The van der Waals surface area contributed by atoms with Gasteiger partial charge in [-0.25, -0.2) is 23.5 Å². The molecule has 1 aliphatic rings. The molecule has 8 nitrogen and oxygen atoms in total. The van der Waals surface area contributed by atoms with Gasteiger partial charge in [-0.3, -0.25) is 4.90 Å². The van der Waals surface area contributed by atoms with Gasteiger partial charge in [0.2, 0.25) is 10.0 Å². The Morgan fingerprint density at radius 3 is 2.58 bits per heavy atom. The Morgan fingerprint density at radius 2 is 1.77 bits per heavy atom. The normalized spacial score (nSPS) is 15.0. The number of rotatable bonds is 7. The van der Waals surface area contributed by atoms with Crippen molar-refractivity contribution < 1.29 is 13.2 Å². The highest BCUT2D eigenvalue weighted by atomic mass is 32.2. The predicted molar refractivity (Wildman–Crippen MR) is 120 cm³/mol. The number of hydrogen-bond donors (Lipinski definition) is 2. The number of ether oxygens (including phenoxy) is 1. The summed E-state index contributed by atoms with van der Waals surface area (Å²) in [5.74, 6) is 0.407. The number of benzene rings is 2. The molecule has 0 atom stereocenters. The number of nitrogens with one attached hydrogen (secondary N) is 1. The highest BCUT2D eigenvalue weighted by Gasteiger charge is 2.12. The fourth-order valence-corrected chi connectivity index (χ4v) is 4.19. The smallest absolute Gasteiger partial charge is 0.213 e. The molecule has 1 saturated heterocycles. The van der Waals surface area contributed by atoms with Gasteiger partial charge in [0.1, 0.15) is 12.1 Å². The molecule has 0 radical (unpaired) electrons. The van der Waals surface area contributed by atoms with E-state index in [2.05, 4.69) is 32.3 Å². The minimum absolute atomic E-state index is 0.215. The molecule has 1 aliphatic heterocycles. The van der Waals surface area contributed by atoms with Crippen molar-refractivity contribution in [2.75, 3.05) is 31.6 Å². The molecule has 2 aromatic carbocycles. The fraction of sp³-hybridized carbons (Fsp3) is 0.273. The highest BCUT2D eigenvalue weighted by Crippen LogP contribution is 2.23. The Morgan fingerprint density at radius 1 is 1.00 bits per heavy atom. The Kier molecular flexibility index (Phi) is 6.57. The third-order valence-electron chi connectivity index (χ3n) is 4.97. The molecule has 162 valence electrons. The van der Waals surface area contributed by atoms with E-state index in [0.717, 1.165) is 49.8 Å². The van der Waals surface area contributed by atoms with Gasteiger partial charge >= 0.3 is 0 Å². The van der Waals surface area contributed by atoms with Crippen LogP contribution in [0.25, 0.3) is 11.3 Å². The molecule has 0 aliphatic carbocycles. The molecule has 2 heterocycles. The topological polar surface area (TPSA) is 110 Å². The summed E-state index contributed by atoms with van der Waals surface area (Å²) in [6, 6.07) is 17.3. The number of hydrogen-bond acceptors (Lipinski definition) is 7. The van der Waals surface area contributed by atoms with E-state index in [0.29, 0.717) is 11.4 Å². The van der Waals surface area contributed by atoms with Gasteiger partial charge in [0, 0.05) is 37.0 Å². The van der Waals surface area contributed by atoms with Gasteiger partial charge in [-0.05, 0) is 29.3 Å². The SMILES string of the molecule is NS(=O)(=O)Cc1cccc(Nc2cc(-c3cccc(CN4CCOCC4)c3)ncn2)c1. The number of morpholine rings is 1. The van der Waals surface area contributed by atoms with Gasteiger partial charge < -0.3 is 10.1 Å². The van der Waals surface area contributed by atoms with Crippen LogP contribution < -0.4 is 10.5 Å². The molecule has 0 unspecified atom stereocenters. The lowest BCUT2D eigenvalue weighted by atomic mass is 10.1. The van der Waals surface area contributed by atoms with Crippen LogP contribution in [0.4, 0.5) is 11.5 Å². The minimum Gasteiger partial charge on any atom is -0.379 e. The van der Waals surface area contributed by atoms with Crippen LogP contribution >= 0.6 is 0 Å². The van der Waals surface area contributed by atoms with Crippen molar-refractivity contribution in [1.82, 2.24) is 14.9 Å². The third kappa shape index (κ3) is 6.31. The number of nitrogens with two attached hydrogens (primary N) is 1. The summed E-state index contributed by atoms with van der Waals surface area (Å²) in [5, 5.41) is 8.36. The maximum Gasteiger partial charge on any atom is 0.213 e. The summed E-state index contributed by atoms with van der Waals surface area (Å²) in [6.45, 7) is 4.31. The summed E-state index contributed by atoms with van der Waals surface area (Å²) >= 11 is 0. The van der Waals surface area contributed by atoms with Crippen molar-refractivity contribution >= 4 is 21.5 Å². The van der Waals surface area contributed by atoms with Gasteiger partial charge in [-0.2, -0.15) is 0 Å². The zero-order valence-corrected chi connectivity index (χ0v) is 17.9. The first-order valence-electron chi connectivity index (χ1n) is 10.0. The molecular weight excluding hydrogens is 414 g/mol. The van der Waals surface area contributed by atoms with Crippen molar-refractivity contribution in [2.24, 2.45) is 5.14 Å². The molecule has 4 rings (SSSR count). The number of sulfonamides is 1. The molecule has 3 N–H and O–H groups in total. The maximum absolute atomic E-state index is 11.4. The number of primary sulfonamides is 1. The maximum atomic E-state index is 11.4. The molecular formula is C22H25N5O3S. The second kappa shape index (κ2) is 9.52. The summed E-state index contributed by atoms with van der Waals surface area (Å²) in [7, 11) is -3.59. The van der Waals surface area contributed by atoms with Crippen LogP contribution in [0.2, 0.25) is 0 Å². The van der Waals surface area contributed by atoms with E-state index >= 15 is 0 Å². The van der Waals surface area contributed by atoms with E-state index in [1.807, 2.05) is 24.3 Å². The zero-order chi connectivity index (χ0) is 21.7. The first-order chi connectivity index (χ1) is 14.9. The molecule has 1 fully saturated rings. The molecule has 3 aromatic rings. The van der Waals surface area contributed by atoms with Gasteiger partial charge in [0.15, 0.2) is 0 Å².